The van der Waals surface area contributed by atoms with Gasteiger partial charge in [0.25, 0.3) is 0 Å². The van der Waals surface area contributed by atoms with Crippen LogP contribution in [-0.2, 0) is 4.74 Å². The number of ether oxygens (including phenoxy) is 1. The highest BCUT2D eigenvalue weighted by atomic mass is 16.6. The van der Waals surface area contributed by atoms with Crippen LogP contribution in [0.2, 0.25) is 0 Å². The van der Waals surface area contributed by atoms with Crippen LogP contribution in [0.4, 0.5) is 4.79 Å². The lowest BCUT2D eigenvalue weighted by molar-refractivity contribution is 0.00325. The quantitative estimate of drug-likeness (QED) is 0.796. The second-order valence-corrected chi connectivity index (χ2v) is 6.20. The third kappa shape index (κ3) is 4.46. The van der Waals surface area contributed by atoms with E-state index < -0.39 is 5.60 Å². The Balaban J connectivity index is 2.26. The molecular formula is C13H26N2O3. The maximum Gasteiger partial charge on any atom is 0.410 e. The van der Waals surface area contributed by atoms with Crippen molar-refractivity contribution in [2.45, 2.75) is 52.3 Å². The molecule has 1 amide bonds. The van der Waals surface area contributed by atoms with Gasteiger partial charge in [0, 0.05) is 31.8 Å². The highest BCUT2D eigenvalue weighted by Gasteiger charge is 2.34. The van der Waals surface area contributed by atoms with E-state index in [2.05, 4.69) is 12.2 Å². The predicted molar refractivity (Wildman–Crippen MR) is 70.4 cm³/mol. The third-order valence-electron chi connectivity index (χ3n) is 3.17. The molecule has 1 aliphatic rings. The lowest BCUT2D eigenvalue weighted by Crippen LogP contribution is -2.62. The largest absolute Gasteiger partial charge is 0.444 e. The highest BCUT2D eigenvalue weighted by Crippen LogP contribution is 2.16. The Bertz CT molecular complexity index is 282. The summed E-state index contributed by atoms with van der Waals surface area (Å²) in [6.45, 7) is 11.2. The minimum absolute atomic E-state index is 0.177. The van der Waals surface area contributed by atoms with Crippen molar-refractivity contribution in [1.29, 1.82) is 0 Å². The van der Waals surface area contributed by atoms with Crippen molar-refractivity contribution in [2.75, 3.05) is 19.7 Å². The van der Waals surface area contributed by atoms with Crippen molar-refractivity contribution in [2.24, 2.45) is 5.92 Å². The number of hydrogen-bond acceptors (Lipinski definition) is 4. The molecule has 2 atom stereocenters. The normalized spacial score (nSPS) is 20.2. The number of carbonyl (C=O) groups excluding carboxylic acids is 1. The Hall–Kier alpha value is -0.810. The molecule has 0 spiro atoms. The summed E-state index contributed by atoms with van der Waals surface area (Å²) in [5.41, 5.74) is -0.436. The SMILES string of the molecule is CC(CO)C(C)NC1CN(C(=O)OC(C)(C)C)C1. The molecule has 5 heteroatoms. The standard InChI is InChI=1S/C13H26N2O3/c1-9(8-16)10(2)14-11-6-15(7-11)12(17)18-13(3,4)5/h9-11,14,16H,6-8H2,1-5H3. The minimum Gasteiger partial charge on any atom is -0.444 e. The maximum absolute atomic E-state index is 11.7. The molecular weight excluding hydrogens is 232 g/mol. The van der Waals surface area contributed by atoms with Gasteiger partial charge in [0.05, 0.1) is 0 Å². The Kier molecular flexibility index (Phi) is 4.99. The Morgan fingerprint density at radius 3 is 2.44 bits per heavy atom. The number of aliphatic hydroxyl groups is 1. The number of aliphatic hydroxyl groups excluding tert-OH is 1. The van der Waals surface area contributed by atoms with Crippen molar-refractivity contribution in [3.05, 3.63) is 0 Å². The Morgan fingerprint density at radius 1 is 1.44 bits per heavy atom. The number of likely N-dealkylation sites (tertiary alicyclic amines) is 1. The number of carbonyl (C=O) groups is 1. The molecule has 1 heterocycles. The molecule has 106 valence electrons. The molecule has 0 saturated carbocycles. The second kappa shape index (κ2) is 5.89. The molecule has 0 radical (unpaired) electrons. The topological polar surface area (TPSA) is 61.8 Å². The molecule has 1 saturated heterocycles. The van der Waals surface area contributed by atoms with Crippen LogP contribution in [0.15, 0.2) is 0 Å². The van der Waals surface area contributed by atoms with Crippen molar-refractivity contribution >= 4 is 6.09 Å². The van der Waals surface area contributed by atoms with Crippen LogP contribution in [0.25, 0.3) is 0 Å². The number of nitrogens with zero attached hydrogens (tertiary/aromatic N) is 1. The van der Waals surface area contributed by atoms with Crippen molar-refractivity contribution in [3.63, 3.8) is 0 Å². The summed E-state index contributed by atoms with van der Waals surface area (Å²) >= 11 is 0. The van der Waals surface area contributed by atoms with Crippen molar-refractivity contribution in [1.82, 2.24) is 10.2 Å². The van der Waals surface area contributed by atoms with Gasteiger partial charge in [-0.3, -0.25) is 0 Å². The molecule has 0 aromatic carbocycles. The first-order valence-corrected chi connectivity index (χ1v) is 6.57. The number of rotatable bonds is 4. The van der Waals surface area contributed by atoms with Gasteiger partial charge in [0.15, 0.2) is 0 Å². The molecule has 0 aliphatic carbocycles. The van der Waals surface area contributed by atoms with E-state index in [1.807, 2.05) is 27.7 Å². The fourth-order valence-corrected chi connectivity index (χ4v) is 1.75. The van der Waals surface area contributed by atoms with Gasteiger partial charge in [0.2, 0.25) is 0 Å². The summed E-state index contributed by atoms with van der Waals surface area (Å²) in [7, 11) is 0. The smallest absolute Gasteiger partial charge is 0.410 e. The van der Waals surface area contributed by atoms with Crippen LogP contribution in [0.1, 0.15) is 34.6 Å². The second-order valence-electron chi connectivity index (χ2n) is 6.20. The van der Waals surface area contributed by atoms with Gasteiger partial charge in [-0.05, 0) is 33.6 Å². The number of amides is 1. The molecule has 1 aliphatic heterocycles. The molecule has 0 aromatic rings. The fourth-order valence-electron chi connectivity index (χ4n) is 1.75. The molecule has 0 bridgehead atoms. The van der Waals surface area contributed by atoms with Crippen LogP contribution in [0, 0.1) is 5.92 Å². The van der Waals surface area contributed by atoms with E-state index in [1.165, 1.54) is 0 Å². The molecule has 1 rings (SSSR count). The van der Waals surface area contributed by atoms with Crippen molar-refractivity contribution in [3.8, 4) is 0 Å². The van der Waals surface area contributed by atoms with E-state index in [0.717, 1.165) is 0 Å². The summed E-state index contributed by atoms with van der Waals surface area (Å²) < 4.78 is 5.28. The molecule has 2 unspecified atom stereocenters. The molecule has 0 aromatic heterocycles. The first-order chi connectivity index (χ1) is 8.23. The van der Waals surface area contributed by atoms with Crippen LogP contribution in [0.3, 0.4) is 0 Å². The summed E-state index contributed by atoms with van der Waals surface area (Å²) in [5.74, 6) is 0.223. The molecule has 18 heavy (non-hydrogen) atoms. The molecule has 1 fully saturated rings. The van der Waals surface area contributed by atoms with E-state index in [9.17, 15) is 4.79 Å². The predicted octanol–water partition coefficient (Wildman–Crippen LogP) is 1.21. The van der Waals surface area contributed by atoms with Crippen LogP contribution in [-0.4, -0.2) is 53.5 Å². The van der Waals surface area contributed by atoms with Gasteiger partial charge in [-0.15, -0.1) is 0 Å². The molecule has 2 N–H and O–H groups in total. The number of nitrogens with one attached hydrogen (secondary N) is 1. The first-order valence-electron chi connectivity index (χ1n) is 6.57. The Morgan fingerprint density at radius 2 is 2.00 bits per heavy atom. The van der Waals surface area contributed by atoms with E-state index >= 15 is 0 Å². The lowest BCUT2D eigenvalue weighted by atomic mass is 10.0. The van der Waals surface area contributed by atoms with E-state index in [1.54, 1.807) is 4.90 Å². The van der Waals surface area contributed by atoms with E-state index in [0.29, 0.717) is 19.1 Å². The minimum atomic E-state index is -0.436. The zero-order valence-electron chi connectivity index (χ0n) is 12.1. The van der Waals surface area contributed by atoms with Gasteiger partial charge in [-0.25, -0.2) is 4.79 Å². The van der Waals surface area contributed by atoms with Gasteiger partial charge in [-0.1, -0.05) is 6.92 Å². The lowest BCUT2D eigenvalue weighted by Gasteiger charge is -2.42. The van der Waals surface area contributed by atoms with Gasteiger partial charge in [-0.2, -0.15) is 0 Å². The van der Waals surface area contributed by atoms with Gasteiger partial charge < -0.3 is 20.1 Å². The van der Waals surface area contributed by atoms with E-state index in [-0.39, 0.29) is 24.7 Å². The van der Waals surface area contributed by atoms with Gasteiger partial charge in [0.1, 0.15) is 5.60 Å². The average Bonchev–Trinajstić information content (AvgIpc) is 2.18. The summed E-state index contributed by atoms with van der Waals surface area (Å²) in [5, 5.41) is 12.5. The highest BCUT2D eigenvalue weighted by molar-refractivity contribution is 5.69. The fraction of sp³-hybridized carbons (Fsp3) is 0.923. The van der Waals surface area contributed by atoms with E-state index in [4.69, 9.17) is 9.84 Å². The third-order valence-corrected chi connectivity index (χ3v) is 3.17. The van der Waals surface area contributed by atoms with Crippen molar-refractivity contribution < 1.29 is 14.6 Å². The summed E-state index contributed by atoms with van der Waals surface area (Å²) in [6.07, 6.45) is -0.247. The summed E-state index contributed by atoms with van der Waals surface area (Å²) in [6, 6.07) is 0.558. The van der Waals surface area contributed by atoms with Gasteiger partial charge >= 0.3 is 6.09 Å². The maximum atomic E-state index is 11.7. The molecule has 5 nitrogen and oxygen atoms in total. The summed E-state index contributed by atoms with van der Waals surface area (Å²) in [4.78, 5) is 13.4. The Labute approximate surface area is 109 Å². The number of hydrogen-bond donors (Lipinski definition) is 2. The monoisotopic (exact) mass is 258 g/mol. The first kappa shape index (κ1) is 15.2. The average molecular weight is 258 g/mol. The zero-order chi connectivity index (χ0) is 13.9. The van der Waals surface area contributed by atoms with Crippen LogP contribution in [0.5, 0.6) is 0 Å². The van der Waals surface area contributed by atoms with Crippen LogP contribution < -0.4 is 5.32 Å². The zero-order valence-corrected chi connectivity index (χ0v) is 12.1. The van der Waals surface area contributed by atoms with Crippen LogP contribution >= 0.6 is 0 Å².